The van der Waals surface area contributed by atoms with E-state index >= 15 is 0 Å². The van der Waals surface area contributed by atoms with Crippen molar-refractivity contribution in [2.75, 3.05) is 26.8 Å². The first-order valence-corrected chi connectivity index (χ1v) is 12.1. The predicted molar refractivity (Wildman–Crippen MR) is 133 cm³/mol. The maximum atomic E-state index is 12.8. The normalized spacial score (nSPS) is 19.3. The highest BCUT2D eigenvalue weighted by atomic mass is 32.2. The lowest BCUT2D eigenvalue weighted by Gasteiger charge is -2.26. The summed E-state index contributed by atoms with van der Waals surface area (Å²) < 4.78 is 13.2. The molecule has 0 spiro atoms. The number of aromatic nitrogens is 1. The lowest BCUT2D eigenvalue weighted by atomic mass is 10.1. The lowest BCUT2D eigenvalue weighted by molar-refractivity contribution is -0.114. The lowest BCUT2D eigenvalue weighted by Crippen LogP contribution is -2.35. The fourth-order valence-corrected chi connectivity index (χ4v) is 5.04. The summed E-state index contributed by atoms with van der Waals surface area (Å²) >= 11 is 1.36. The number of aliphatic imine (C=N–C) groups is 1. The van der Waals surface area contributed by atoms with Crippen LogP contribution in [-0.2, 0) is 11.3 Å². The van der Waals surface area contributed by atoms with E-state index in [1.807, 2.05) is 47.2 Å². The van der Waals surface area contributed by atoms with Crippen molar-refractivity contribution >= 4 is 39.9 Å². The summed E-state index contributed by atoms with van der Waals surface area (Å²) in [4.78, 5) is 19.2. The van der Waals surface area contributed by atoms with Crippen LogP contribution in [0.25, 0.3) is 6.08 Å². The summed E-state index contributed by atoms with van der Waals surface area (Å²) in [5.74, 6) is 0.988. The molecule has 5 rings (SSSR count). The van der Waals surface area contributed by atoms with Gasteiger partial charge in [-0.15, -0.1) is 5.10 Å². The number of nitrogens with zero attached hydrogens (tertiary/aromatic N) is 5. The number of ether oxygens (including phenoxy) is 2. The van der Waals surface area contributed by atoms with Crippen LogP contribution in [0.4, 0.5) is 0 Å². The minimum absolute atomic E-state index is 0.0486. The smallest absolute Gasteiger partial charge is 0.283 e. The number of hydrazone groups is 1. The van der Waals surface area contributed by atoms with Crippen LogP contribution in [0.3, 0.4) is 0 Å². The fraction of sp³-hybridized carbons (Fsp3) is 0.333. The first-order chi connectivity index (χ1) is 16.6. The maximum absolute atomic E-state index is 12.8. The quantitative estimate of drug-likeness (QED) is 0.637. The van der Waals surface area contributed by atoms with Crippen molar-refractivity contribution in [2.24, 2.45) is 10.1 Å². The SMILES string of the molecule is COc1ccccc1OCCn1cccc1/C=C1\C(=N)N2N=C(N3CCCCC3)SC2=NC1=O. The third kappa shape index (κ3) is 4.45. The zero-order chi connectivity index (χ0) is 23.5. The molecule has 4 heterocycles. The zero-order valence-electron chi connectivity index (χ0n) is 18.9. The van der Waals surface area contributed by atoms with Crippen molar-refractivity contribution < 1.29 is 14.3 Å². The summed E-state index contributed by atoms with van der Waals surface area (Å²) in [5, 5.41) is 16.0. The summed E-state index contributed by atoms with van der Waals surface area (Å²) in [5.41, 5.74) is 1.01. The molecule has 3 aliphatic rings. The number of hydrogen-bond acceptors (Lipinski definition) is 7. The van der Waals surface area contributed by atoms with Crippen LogP contribution in [0, 0.1) is 5.41 Å². The fourth-order valence-electron chi connectivity index (χ4n) is 4.10. The van der Waals surface area contributed by atoms with Crippen LogP contribution in [-0.4, -0.2) is 63.4 Å². The Bertz CT molecular complexity index is 1190. The standard InChI is InChI=1S/C24H26N6O3S/c1-32-19-9-3-4-10-20(19)33-15-14-28-13-7-8-17(28)16-18-21(25)30-23(26-22(18)31)34-24(27-30)29-11-5-2-6-12-29/h3-4,7-10,13,16,25H,2,5-6,11-12,14-15H2,1H3/b18-16+,25-21?. The number of amidine groups is 3. The Balaban J connectivity index is 1.30. The molecule has 1 amide bonds. The van der Waals surface area contributed by atoms with Gasteiger partial charge in [-0.2, -0.15) is 10.0 Å². The molecule has 0 aliphatic carbocycles. The molecule has 1 fully saturated rings. The van der Waals surface area contributed by atoms with Gasteiger partial charge in [0.15, 0.2) is 22.5 Å². The number of thioether (sulfide) groups is 1. The monoisotopic (exact) mass is 478 g/mol. The van der Waals surface area contributed by atoms with Gasteiger partial charge in [0.05, 0.1) is 19.2 Å². The number of hydrogen-bond donors (Lipinski definition) is 1. The van der Waals surface area contributed by atoms with E-state index < -0.39 is 5.91 Å². The number of benzene rings is 1. The van der Waals surface area contributed by atoms with Crippen LogP contribution in [0.1, 0.15) is 25.0 Å². The molecule has 0 bridgehead atoms. The Kier molecular flexibility index (Phi) is 6.39. The second-order valence-corrected chi connectivity index (χ2v) is 9.01. The number of rotatable bonds is 6. The Labute approximate surface area is 202 Å². The zero-order valence-corrected chi connectivity index (χ0v) is 19.8. The van der Waals surface area contributed by atoms with E-state index in [0.29, 0.717) is 29.8 Å². The number of carbonyl (C=O) groups is 1. The van der Waals surface area contributed by atoms with Crippen LogP contribution >= 0.6 is 11.8 Å². The Morgan fingerprint density at radius 3 is 2.68 bits per heavy atom. The molecule has 1 aromatic carbocycles. The van der Waals surface area contributed by atoms with E-state index in [9.17, 15) is 4.79 Å². The maximum Gasteiger partial charge on any atom is 0.283 e. The van der Waals surface area contributed by atoms with Gasteiger partial charge in [0.2, 0.25) is 5.17 Å². The van der Waals surface area contributed by atoms with Gasteiger partial charge in [0, 0.05) is 25.0 Å². The van der Waals surface area contributed by atoms with Crippen LogP contribution in [0.2, 0.25) is 0 Å². The van der Waals surface area contributed by atoms with E-state index in [1.54, 1.807) is 13.2 Å². The Morgan fingerprint density at radius 1 is 1.09 bits per heavy atom. The molecule has 3 aliphatic heterocycles. The van der Waals surface area contributed by atoms with Crippen molar-refractivity contribution in [3.05, 3.63) is 53.9 Å². The van der Waals surface area contributed by atoms with E-state index in [0.717, 1.165) is 36.8 Å². The molecule has 0 atom stereocenters. The summed E-state index contributed by atoms with van der Waals surface area (Å²) in [6.07, 6.45) is 7.11. The van der Waals surface area contributed by atoms with Crippen LogP contribution < -0.4 is 9.47 Å². The molecule has 1 saturated heterocycles. The molecular weight excluding hydrogens is 452 g/mol. The van der Waals surface area contributed by atoms with E-state index in [-0.39, 0.29) is 11.4 Å². The van der Waals surface area contributed by atoms with Crippen molar-refractivity contribution in [2.45, 2.75) is 25.8 Å². The van der Waals surface area contributed by atoms with Gasteiger partial charge in [0.25, 0.3) is 5.91 Å². The number of piperidine rings is 1. The molecule has 0 unspecified atom stereocenters. The molecule has 9 nitrogen and oxygen atoms in total. The van der Waals surface area contributed by atoms with Crippen molar-refractivity contribution in [1.29, 1.82) is 5.41 Å². The molecule has 0 radical (unpaired) electrons. The number of fused-ring (bicyclic) bond motifs is 1. The minimum atomic E-state index is -0.420. The van der Waals surface area contributed by atoms with Gasteiger partial charge < -0.3 is 18.9 Å². The van der Waals surface area contributed by atoms with Crippen LogP contribution in [0.5, 0.6) is 11.5 Å². The molecule has 34 heavy (non-hydrogen) atoms. The van der Waals surface area contributed by atoms with Gasteiger partial charge in [-0.05, 0) is 61.4 Å². The largest absolute Gasteiger partial charge is 0.493 e. The highest BCUT2D eigenvalue weighted by molar-refractivity contribution is 8.26. The third-order valence-electron chi connectivity index (χ3n) is 5.89. The van der Waals surface area contributed by atoms with Crippen molar-refractivity contribution in [3.8, 4) is 11.5 Å². The first-order valence-electron chi connectivity index (χ1n) is 11.3. The minimum Gasteiger partial charge on any atom is -0.493 e. The Morgan fingerprint density at radius 2 is 1.88 bits per heavy atom. The number of methoxy groups -OCH3 is 1. The van der Waals surface area contributed by atoms with E-state index in [4.69, 9.17) is 14.9 Å². The molecule has 176 valence electrons. The number of carbonyl (C=O) groups excluding carboxylic acids is 1. The van der Waals surface area contributed by atoms with E-state index in [2.05, 4.69) is 15.0 Å². The summed E-state index contributed by atoms with van der Waals surface area (Å²) in [7, 11) is 1.61. The summed E-state index contributed by atoms with van der Waals surface area (Å²) in [6.45, 7) is 2.88. The van der Waals surface area contributed by atoms with Crippen molar-refractivity contribution in [1.82, 2.24) is 14.5 Å². The average Bonchev–Trinajstić information content (AvgIpc) is 3.49. The number of nitrogens with one attached hydrogen (secondary N) is 1. The highest BCUT2D eigenvalue weighted by Gasteiger charge is 2.37. The topological polar surface area (TPSA) is 95.5 Å². The molecule has 10 heteroatoms. The van der Waals surface area contributed by atoms with Crippen LogP contribution in [0.15, 0.2) is 58.3 Å². The molecule has 0 saturated carbocycles. The molecule has 2 aromatic rings. The second kappa shape index (κ2) is 9.76. The predicted octanol–water partition coefficient (Wildman–Crippen LogP) is 3.64. The number of amides is 1. The highest BCUT2D eigenvalue weighted by Crippen LogP contribution is 2.31. The van der Waals surface area contributed by atoms with Gasteiger partial charge in [-0.3, -0.25) is 10.2 Å². The van der Waals surface area contributed by atoms with Gasteiger partial charge in [-0.25, -0.2) is 0 Å². The van der Waals surface area contributed by atoms with E-state index in [1.165, 1.54) is 23.2 Å². The number of para-hydroxylation sites is 2. The molecule has 1 aromatic heterocycles. The number of likely N-dealkylation sites (tertiary alicyclic amines) is 1. The van der Waals surface area contributed by atoms with Gasteiger partial charge in [0.1, 0.15) is 6.61 Å². The van der Waals surface area contributed by atoms with Gasteiger partial charge in [-0.1, -0.05) is 12.1 Å². The van der Waals surface area contributed by atoms with Crippen molar-refractivity contribution in [3.63, 3.8) is 0 Å². The third-order valence-corrected chi connectivity index (χ3v) is 6.86. The first kappa shape index (κ1) is 22.3. The van der Waals surface area contributed by atoms with Gasteiger partial charge >= 0.3 is 0 Å². The molecular formula is C24H26N6O3S. The Hall–Kier alpha value is -3.53. The second-order valence-electron chi connectivity index (χ2n) is 8.08. The molecule has 1 N–H and O–H groups in total. The summed E-state index contributed by atoms with van der Waals surface area (Å²) in [6, 6.07) is 11.3. The average molecular weight is 479 g/mol.